The van der Waals surface area contributed by atoms with Crippen molar-refractivity contribution in [3.63, 3.8) is 0 Å². The Morgan fingerprint density at radius 3 is 1.82 bits per heavy atom. The molecule has 0 bridgehead atoms. The number of rotatable bonds is 19. The second-order valence-corrected chi connectivity index (χ2v) is 14.6. The molecule has 298 valence electrons. The highest BCUT2D eigenvalue weighted by Gasteiger charge is 2.42. The molecule has 4 rings (SSSR count). The van der Waals surface area contributed by atoms with Gasteiger partial charge in [-0.25, -0.2) is 4.79 Å². The number of aliphatic hydroxyl groups excluding tert-OH is 1. The van der Waals surface area contributed by atoms with Crippen LogP contribution in [-0.4, -0.2) is 136 Å². The fourth-order valence-electron chi connectivity index (χ4n) is 6.76. The number of amides is 6. The molecule has 55 heavy (non-hydrogen) atoms. The number of likely N-dealkylation sites (tertiary alicyclic amines) is 2. The summed E-state index contributed by atoms with van der Waals surface area (Å²) in [5.41, 5.74) is 6.99. The van der Waals surface area contributed by atoms with Gasteiger partial charge in [0.05, 0.1) is 13.2 Å². The second-order valence-electron chi connectivity index (χ2n) is 13.6. The molecule has 0 unspecified atom stereocenters. The summed E-state index contributed by atoms with van der Waals surface area (Å²) in [6, 6.07) is 11.6. The lowest BCUT2D eigenvalue weighted by Crippen LogP contribution is -2.59. The summed E-state index contributed by atoms with van der Waals surface area (Å²) in [5.74, 6) is -4.28. The maximum absolute atomic E-state index is 14.4. The summed E-state index contributed by atoms with van der Waals surface area (Å²) in [7, 11) is 0. The minimum atomic E-state index is -1.21. The number of hydrogen-bond donors (Lipinski definition) is 7. The third kappa shape index (κ3) is 12.2. The molecule has 6 atom stereocenters. The zero-order valence-electron chi connectivity index (χ0n) is 30.9. The molecule has 0 aliphatic carbocycles. The smallest absolute Gasteiger partial charge is 0.326 e. The first kappa shape index (κ1) is 42.7. The molecule has 17 heteroatoms. The Hall–Kier alpha value is -5.00. The standard InChI is InChI=1S/C38H51N7O9S/c1-55-19-16-27(41-32(47)22-40-33(48)26(39)23-46)34(49)42-28(20-24-10-4-2-5-11-24)36(51)44-17-8-14-30(44)35(50)43-29(21-25-12-6-3-7-13-25)37(52)45-18-9-15-31(45)38(53)54/h2-7,10-13,26-31,46H,8-9,14-23,39H2,1H3,(H,40,48)(H,41,47)(H,42,49)(H,43,50)(H,53,54)/t26-,27-,28-,29-,30-,31-/m0/s1. The molecule has 0 aromatic heterocycles. The van der Waals surface area contributed by atoms with Crippen LogP contribution in [0, 0.1) is 0 Å². The average molecular weight is 782 g/mol. The molecule has 0 spiro atoms. The van der Waals surface area contributed by atoms with Crippen molar-refractivity contribution in [3.05, 3.63) is 71.8 Å². The van der Waals surface area contributed by atoms with Crippen molar-refractivity contribution in [1.29, 1.82) is 0 Å². The number of carbonyl (C=O) groups excluding carboxylic acids is 6. The summed E-state index contributed by atoms with van der Waals surface area (Å²) in [6.45, 7) is -0.641. The normalized spacial score (nSPS) is 18.7. The number of carboxylic acids is 1. The zero-order valence-corrected chi connectivity index (χ0v) is 31.7. The molecule has 8 N–H and O–H groups in total. The predicted octanol–water partition coefficient (Wildman–Crippen LogP) is -0.818. The van der Waals surface area contributed by atoms with Crippen LogP contribution in [0.4, 0.5) is 0 Å². The van der Waals surface area contributed by atoms with Crippen LogP contribution in [0.1, 0.15) is 43.2 Å². The van der Waals surface area contributed by atoms with Crippen molar-refractivity contribution in [2.75, 3.05) is 38.2 Å². The van der Waals surface area contributed by atoms with Crippen LogP contribution in [0.25, 0.3) is 0 Å². The van der Waals surface area contributed by atoms with E-state index in [1.165, 1.54) is 21.6 Å². The van der Waals surface area contributed by atoms with E-state index in [0.717, 1.165) is 11.1 Å². The fraction of sp³-hybridized carbons (Fsp3) is 0.500. The number of aliphatic hydroxyl groups is 1. The van der Waals surface area contributed by atoms with Crippen LogP contribution in [0.5, 0.6) is 0 Å². The van der Waals surface area contributed by atoms with Gasteiger partial charge in [0.25, 0.3) is 0 Å². The highest BCUT2D eigenvalue weighted by atomic mass is 32.2. The summed E-state index contributed by atoms with van der Waals surface area (Å²) < 4.78 is 0. The number of carboxylic acid groups (broad SMARTS) is 1. The molecule has 6 amide bonds. The molecule has 0 radical (unpaired) electrons. The molecular weight excluding hydrogens is 731 g/mol. The molecule has 2 aliphatic rings. The van der Waals surface area contributed by atoms with Gasteiger partial charge in [0.2, 0.25) is 35.4 Å². The molecular formula is C38H51N7O9S. The Balaban J connectivity index is 1.53. The van der Waals surface area contributed by atoms with Crippen molar-refractivity contribution in [3.8, 4) is 0 Å². The van der Waals surface area contributed by atoms with Gasteiger partial charge in [0.1, 0.15) is 36.3 Å². The molecule has 2 aromatic rings. The Morgan fingerprint density at radius 2 is 1.29 bits per heavy atom. The van der Waals surface area contributed by atoms with Crippen LogP contribution in [0.3, 0.4) is 0 Å². The van der Waals surface area contributed by atoms with E-state index < -0.39 is 90.8 Å². The van der Waals surface area contributed by atoms with Crippen molar-refractivity contribution >= 4 is 53.2 Å². The van der Waals surface area contributed by atoms with E-state index in [2.05, 4.69) is 21.3 Å². The molecule has 0 saturated carbocycles. The lowest BCUT2D eigenvalue weighted by atomic mass is 10.0. The number of nitrogens with two attached hydrogens (primary N) is 1. The highest BCUT2D eigenvalue weighted by molar-refractivity contribution is 7.98. The Bertz CT molecular complexity index is 1650. The lowest BCUT2D eigenvalue weighted by Gasteiger charge is -2.32. The number of hydrogen-bond acceptors (Lipinski definition) is 10. The maximum atomic E-state index is 14.4. The Kier molecular flexibility index (Phi) is 16.5. The largest absolute Gasteiger partial charge is 0.480 e. The van der Waals surface area contributed by atoms with Gasteiger partial charge in [-0.1, -0.05) is 60.7 Å². The minimum absolute atomic E-state index is 0.0786. The van der Waals surface area contributed by atoms with E-state index >= 15 is 0 Å². The number of nitrogens with one attached hydrogen (secondary N) is 4. The fourth-order valence-corrected chi connectivity index (χ4v) is 7.23. The van der Waals surface area contributed by atoms with Crippen LogP contribution >= 0.6 is 11.8 Å². The first-order valence-electron chi connectivity index (χ1n) is 18.4. The molecule has 2 aliphatic heterocycles. The molecule has 16 nitrogen and oxygen atoms in total. The summed E-state index contributed by atoms with van der Waals surface area (Å²) in [5, 5.41) is 29.4. The average Bonchev–Trinajstić information content (AvgIpc) is 3.89. The first-order valence-corrected chi connectivity index (χ1v) is 19.8. The number of nitrogens with zero attached hydrogens (tertiary/aromatic N) is 2. The maximum Gasteiger partial charge on any atom is 0.326 e. The topological polar surface area (TPSA) is 241 Å². The van der Waals surface area contributed by atoms with Gasteiger partial charge in [-0.2, -0.15) is 11.8 Å². The van der Waals surface area contributed by atoms with Crippen LogP contribution in [0.2, 0.25) is 0 Å². The van der Waals surface area contributed by atoms with Crippen LogP contribution in [-0.2, 0) is 46.4 Å². The van der Waals surface area contributed by atoms with E-state index in [-0.39, 0.29) is 32.4 Å². The van der Waals surface area contributed by atoms with Crippen molar-refractivity contribution in [1.82, 2.24) is 31.1 Å². The van der Waals surface area contributed by atoms with Gasteiger partial charge >= 0.3 is 5.97 Å². The van der Waals surface area contributed by atoms with E-state index in [1.807, 2.05) is 30.5 Å². The third-order valence-electron chi connectivity index (χ3n) is 9.67. The van der Waals surface area contributed by atoms with E-state index in [0.29, 0.717) is 31.4 Å². The quantitative estimate of drug-likeness (QED) is 0.0930. The molecule has 2 heterocycles. The van der Waals surface area contributed by atoms with Crippen molar-refractivity contribution < 1.29 is 43.8 Å². The summed E-state index contributed by atoms with van der Waals surface area (Å²) >= 11 is 1.45. The summed E-state index contributed by atoms with van der Waals surface area (Å²) in [4.78, 5) is 95.4. The van der Waals surface area contributed by atoms with Gasteiger partial charge in [-0.15, -0.1) is 0 Å². The Morgan fingerprint density at radius 1 is 0.764 bits per heavy atom. The molecule has 2 saturated heterocycles. The lowest BCUT2D eigenvalue weighted by molar-refractivity contribution is -0.149. The van der Waals surface area contributed by atoms with E-state index in [9.17, 15) is 38.7 Å². The molecule has 2 aromatic carbocycles. The number of carbonyl (C=O) groups is 7. The highest BCUT2D eigenvalue weighted by Crippen LogP contribution is 2.23. The molecule has 2 fully saturated rings. The Labute approximate surface area is 324 Å². The van der Waals surface area contributed by atoms with Crippen LogP contribution < -0.4 is 27.0 Å². The zero-order chi connectivity index (χ0) is 39.9. The summed E-state index contributed by atoms with van der Waals surface area (Å²) in [6.07, 6.45) is 3.85. The third-order valence-corrected chi connectivity index (χ3v) is 10.3. The van der Waals surface area contributed by atoms with E-state index in [4.69, 9.17) is 10.8 Å². The second kappa shape index (κ2) is 21.2. The predicted molar refractivity (Wildman–Crippen MR) is 204 cm³/mol. The van der Waals surface area contributed by atoms with Gasteiger partial charge in [0, 0.05) is 25.9 Å². The van der Waals surface area contributed by atoms with E-state index in [1.54, 1.807) is 36.4 Å². The van der Waals surface area contributed by atoms with Gasteiger partial charge in [0.15, 0.2) is 0 Å². The van der Waals surface area contributed by atoms with Gasteiger partial charge in [-0.3, -0.25) is 28.8 Å². The van der Waals surface area contributed by atoms with Crippen LogP contribution in [0.15, 0.2) is 60.7 Å². The number of benzene rings is 2. The SMILES string of the molecule is CSCC[C@H](NC(=O)CNC(=O)[C@@H](N)CO)C(=O)N[C@@H](Cc1ccccc1)C(=O)N1CCC[C@H]1C(=O)N[C@@H](Cc1ccccc1)C(=O)N1CCC[C@H]1C(=O)O. The van der Waals surface area contributed by atoms with Crippen molar-refractivity contribution in [2.24, 2.45) is 5.73 Å². The number of aliphatic carboxylic acids is 1. The van der Waals surface area contributed by atoms with Gasteiger partial charge in [-0.05, 0) is 55.2 Å². The van der Waals surface area contributed by atoms with Gasteiger partial charge < -0.3 is 47.0 Å². The monoisotopic (exact) mass is 781 g/mol. The number of thioether (sulfide) groups is 1. The first-order chi connectivity index (χ1) is 26.4. The van der Waals surface area contributed by atoms with Crippen molar-refractivity contribution in [2.45, 2.75) is 81.2 Å². The minimum Gasteiger partial charge on any atom is -0.480 e.